The Morgan fingerprint density at radius 1 is 0.952 bits per heavy atom. The summed E-state index contributed by atoms with van der Waals surface area (Å²) in [6.45, 7) is 0. The van der Waals surface area contributed by atoms with Crippen LogP contribution in [0.15, 0.2) is 47.4 Å². The van der Waals surface area contributed by atoms with Crippen molar-refractivity contribution in [2.24, 2.45) is 0 Å². The lowest BCUT2D eigenvalue weighted by Gasteiger charge is -2.11. The highest BCUT2D eigenvalue weighted by Gasteiger charge is 2.15. The van der Waals surface area contributed by atoms with E-state index in [4.69, 9.17) is 15.2 Å². The van der Waals surface area contributed by atoms with E-state index in [0.29, 0.717) is 17.2 Å². The molecular weight excluding hydrogens is 292 g/mol. The van der Waals surface area contributed by atoms with Crippen LogP contribution in [-0.4, -0.2) is 22.6 Å². The molecule has 112 valence electrons. The maximum Gasteiger partial charge on any atom is 0.261 e. The molecule has 2 aromatic carbocycles. The second-order valence-corrected chi connectivity index (χ2v) is 5.92. The number of sulfonamides is 1. The molecule has 0 saturated heterocycles. The number of hydrogen-bond acceptors (Lipinski definition) is 5. The number of nitrogens with one attached hydrogen (secondary N) is 1. The van der Waals surface area contributed by atoms with Crippen molar-refractivity contribution in [1.82, 2.24) is 0 Å². The molecule has 2 rings (SSSR count). The molecule has 0 aromatic heterocycles. The molecule has 0 radical (unpaired) electrons. The Morgan fingerprint density at radius 2 is 1.52 bits per heavy atom. The van der Waals surface area contributed by atoms with E-state index in [1.165, 1.54) is 26.4 Å². The van der Waals surface area contributed by atoms with Crippen LogP contribution in [0.5, 0.6) is 11.5 Å². The monoisotopic (exact) mass is 308 g/mol. The Morgan fingerprint density at radius 3 is 2.05 bits per heavy atom. The van der Waals surface area contributed by atoms with Crippen molar-refractivity contribution in [3.05, 3.63) is 42.5 Å². The van der Waals surface area contributed by atoms with Gasteiger partial charge < -0.3 is 15.2 Å². The third-order valence-electron chi connectivity index (χ3n) is 2.87. The minimum atomic E-state index is -3.71. The van der Waals surface area contributed by atoms with Crippen LogP contribution in [0.2, 0.25) is 0 Å². The van der Waals surface area contributed by atoms with Crippen LogP contribution in [0.25, 0.3) is 0 Å². The van der Waals surface area contributed by atoms with E-state index < -0.39 is 10.0 Å². The lowest BCUT2D eigenvalue weighted by atomic mass is 10.2. The van der Waals surface area contributed by atoms with E-state index >= 15 is 0 Å². The molecule has 7 heteroatoms. The van der Waals surface area contributed by atoms with Gasteiger partial charge in [0, 0.05) is 6.07 Å². The summed E-state index contributed by atoms with van der Waals surface area (Å²) in [7, 11) is -0.683. The zero-order valence-electron chi connectivity index (χ0n) is 11.7. The summed E-state index contributed by atoms with van der Waals surface area (Å²) in [5.41, 5.74) is 6.38. The molecule has 0 amide bonds. The van der Waals surface area contributed by atoms with Gasteiger partial charge in [0.2, 0.25) is 0 Å². The quantitative estimate of drug-likeness (QED) is 0.825. The number of rotatable bonds is 5. The van der Waals surface area contributed by atoms with Crippen molar-refractivity contribution >= 4 is 21.4 Å². The molecule has 6 nitrogen and oxygen atoms in total. The van der Waals surface area contributed by atoms with Crippen LogP contribution >= 0.6 is 0 Å². The summed E-state index contributed by atoms with van der Waals surface area (Å²) < 4.78 is 37.0. The average Bonchev–Trinajstić information content (AvgIpc) is 2.49. The minimum absolute atomic E-state index is 0.124. The molecule has 0 atom stereocenters. The lowest BCUT2D eigenvalue weighted by molar-refractivity contribution is 0.414. The molecule has 0 aliphatic carbocycles. The van der Waals surface area contributed by atoms with E-state index in [1.807, 2.05) is 0 Å². The SMILES string of the molecule is COc1ccc(S(=O)(=O)Nc2ccc(OC)cc2N)cc1. The van der Waals surface area contributed by atoms with Crippen molar-refractivity contribution in [2.45, 2.75) is 4.90 Å². The molecule has 0 aliphatic rings. The Labute approximate surface area is 123 Å². The van der Waals surface area contributed by atoms with E-state index in [1.54, 1.807) is 30.3 Å². The van der Waals surface area contributed by atoms with Crippen molar-refractivity contribution in [3.63, 3.8) is 0 Å². The maximum absolute atomic E-state index is 12.3. The molecule has 21 heavy (non-hydrogen) atoms. The summed E-state index contributed by atoms with van der Waals surface area (Å²) in [6.07, 6.45) is 0. The standard InChI is InChI=1S/C14H16N2O4S/c1-19-10-3-6-12(7-4-10)21(17,18)16-14-8-5-11(20-2)9-13(14)15/h3-9,16H,15H2,1-2H3. The van der Waals surface area contributed by atoms with Gasteiger partial charge in [-0.1, -0.05) is 0 Å². The van der Waals surface area contributed by atoms with E-state index in [2.05, 4.69) is 4.72 Å². The molecule has 0 aliphatic heterocycles. The summed E-state index contributed by atoms with van der Waals surface area (Å²) >= 11 is 0. The van der Waals surface area contributed by atoms with Gasteiger partial charge in [0.1, 0.15) is 11.5 Å². The zero-order valence-corrected chi connectivity index (χ0v) is 12.5. The first-order valence-electron chi connectivity index (χ1n) is 6.06. The van der Waals surface area contributed by atoms with Gasteiger partial charge in [0.25, 0.3) is 10.0 Å². The predicted octanol–water partition coefficient (Wildman–Crippen LogP) is 2.09. The average molecular weight is 308 g/mol. The van der Waals surface area contributed by atoms with Crippen LogP contribution in [-0.2, 0) is 10.0 Å². The number of anilines is 2. The van der Waals surface area contributed by atoms with Crippen molar-refractivity contribution in [1.29, 1.82) is 0 Å². The zero-order chi connectivity index (χ0) is 15.5. The lowest BCUT2D eigenvalue weighted by Crippen LogP contribution is -2.14. The normalized spacial score (nSPS) is 11.0. The maximum atomic E-state index is 12.3. The number of benzene rings is 2. The third kappa shape index (κ3) is 3.38. The Balaban J connectivity index is 2.28. The fourth-order valence-corrected chi connectivity index (χ4v) is 2.81. The van der Waals surface area contributed by atoms with E-state index in [9.17, 15) is 8.42 Å². The number of nitrogen functional groups attached to an aromatic ring is 1. The highest BCUT2D eigenvalue weighted by Crippen LogP contribution is 2.26. The fraction of sp³-hybridized carbons (Fsp3) is 0.143. The molecule has 0 bridgehead atoms. The molecule has 3 N–H and O–H groups in total. The van der Waals surface area contributed by atoms with Gasteiger partial charge in [-0.3, -0.25) is 4.72 Å². The summed E-state index contributed by atoms with van der Waals surface area (Å²) in [5, 5.41) is 0. The van der Waals surface area contributed by atoms with Crippen LogP contribution in [0.4, 0.5) is 11.4 Å². The van der Waals surface area contributed by atoms with E-state index in [-0.39, 0.29) is 10.6 Å². The summed E-state index contributed by atoms with van der Waals surface area (Å²) in [5.74, 6) is 1.14. The second kappa shape index (κ2) is 5.92. The van der Waals surface area contributed by atoms with Crippen LogP contribution < -0.4 is 19.9 Å². The van der Waals surface area contributed by atoms with Gasteiger partial charge in [0.05, 0.1) is 30.5 Å². The van der Waals surface area contributed by atoms with E-state index in [0.717, 1.165) is 0 Å². The Kier molecular flexibility index (Phi) is 4.23. The van der Waals surface area contributed by atoms with Crippen LogP contribution in [0, 0.1) is 0 Å². The first kappa shape index (κ1) is 15.0. The van der Waals surface area contributed by atoms with Crippen LogP contribution in [0.1, 0.15) is 0 Å². The number of nitrogens with two attached hydrogens (primary N) is 1. The molecular formula is C14H16N2O4S. The van der Waals surface area contributed by atoms with Crippen molar-refractivity contribution in [2.75, 3.05) is 24.7 Å². The minimum Gasteiger partial charge on any atom is -0.497 e. The first-order valence-corrected chi connectivity index (χ1v) is 7.55. The molecule has 2 aromatic rings. The predicted molar refractivity (Wildman–Crippen MR) is 81.2 cm³/mol. The number of ether oxygens (including phenoxy) is 2. The van der Waals surface area contributed by atoms with Crippen molar-refractivity contribution in [3.8, 4) is 11.5 Å². The molecule has 0 saturated carbocycles. The van der Waals surface area contributed by atoms with Crippen LogP contribution in [0.3, 0.4) is 0 Å². The third-order valence-corrected chi connectivity index (χ3v) is 4.25. The smallest absolute Gasteiger partial charge is 0.261 e. The Hall–Kier alpha value is -2.41. The highest BCUT2D eigenvalue weighted by molar-refractivity contribution is 7.92. The topological polar surface area (TPSA) is 90.7 Å². The molecule has 0 fully saturated rings. The van der Waals surface area contributed by atoms with Gasteiger partial charge in [-0.15, -0.1) is 0 Å². The van der Waals surface area contributed by atoms with Gasteiger partial charge in [0.15, 0.2) is 0 Å². The largest absolute Gasteiger partial charge is 0.497 e. The fourth-order valence-electron chi connectivity index (χ4n) is 1.72. The van der Waals surface area contributed by atoms with Gasteiger partial charge in [-0.2, -0.15) is 0 Å². The number of methoxy groups -OCH3 is 2. The summed E-state index contributed by atoms with van der Waals surface area (Å²) in [6, 6.07) is 10.8. The van der Waals surface area contributed by atoms with Gasteiger partial charge >= 0.3 is 0 Å². The molecule has 0 spiro atoms. The number of hydrogen-bond donors (Lipinski definition) is 2. The molecule has 0 unspecified atom stereocenters. The Bertz CT molecular complexity index is 727. The summed E-state index contributed by atoms with van der Waals surface area (Å²) in [4.78, 5) is 0.124. The van der Waals surface area contributed by atoms with Crippen molar-refractivity contribution < 1.29 is 17.9 Å². The highest BCUT2D eigenvalue weighted by atomic mass is 32.2. The second-order valence-electron chi connectivity index (χ2n) is 4.23. The molecule has 0 heterocycles. The van der Waals surface area contributed by atoms with Gasteiger partial charge in [-0.05, 0) is 36.4 Å². The first-order chi connectivity index (χ1) is 9.96. The van der Waals surface area contributed by atoms with Gasteiger partial charge in [-0.25, -0.2) is 8.42 Å².